The Hall–Kier alpha value is -2.20. The molecule has 4 rings (SSSR count). The van der Waals surface area contributed by atoms with Gasteiger partial charge in [0.25, 0.3) is 0 Å². The third-order valence-corrected chi connectivity index (χ3v) is 5.47. The molecule has 1 fully saturated rings. The third-order valence-electron chi connectivity index (χ3n) is 5.47. The number of anilines is 1. The summed E-state index contributed by atoms with van der Waals surface area (Å²) >= 11 is 0. The van der Waals surface area contributed by atoms with Crippen molar-refractivity contribution in [3.8, 4) is 11.5 Å². The second-order valence-corrected chi connectivity index (χ2v) is 7.12. The number of rotatable bonds is 4. The van der Waals surface area contributed by atoms with Crippen LogP contribution in [0.5, 0.6) is 11.5 Å². The van der Waals surface area contributed by atoms with Crippen LogP contribution in [0.1, 0.15) is 48.6 Å². The molecule has 0 aromatic heterocycles. The lowest BCUT2D eigenvalue weighted by Crippen LogP contribution is -2.36. The van der Waals surface area contributed by atoms with Crippen molar-refractivity contribution in [3.05, 3.63) is 53.1 Å². The molecule has 138 valence electrons. The lowest BCUT2D eigenvalue weighted by molar-refractivity contribution is -0.0383. The standard InChI is InChI=1S/C22H27NO3/c1-4-25-19-9-5-7-16(22(19)24-3)20-15-8-6-12-26-21(15)17-13-14(2)10-11-18(17)23-20/h5,7,9-11,13,15,20-21,23H,4,6,8,12H2,1-3H3. The fraction of sp³-hybridized carbons (Fsp3) is 0.455. The molecule has 3 unspecified atom stereocenters. The van der Waals surface area contributed by atoms with Gasteiger partial charge in [0.2, 0.25) is 0 Å². The fourth-order valence-electron chi connectivity index (χ4n) is 4.36. The van der Waals surface area contributed by atoms with E-state index >= 15 is 0 Å². The van der Waals surface area contributed by atoms with Gasteiger partial charge in [-0.2, -0.15) is 0 Å². The van der Waals surface area contributed by atoms with Crippen LogP contribution in [-0.4, -0.2) is 20.3 Å². The van der Waals surface area contributed by atoms with Gasteiger partial charge in [-0.15, -0.1) is 0 Å². The van der Waals surface area contributed by atoms with Crippen molar-refractivity contribution < 1.29 is 14.2 Å². The number of methoxy groups -OCH3 is 1. The second-order valence-electron chi connectivity index (χ2n) is 7.12. The van der Waals surface area contributed by atoms with Crippen molar-refractivity contribution in [3.63, 3.8) is 0 Å². The van der Waals surface area contributed by atoms with Gasteiger partial charge >= 0.3 is 0 Å². The van der Waals surface area contributed by atoms with E-state index in [9.17, 15) is 0 Å². The van der Waals surface area contributed by atoms with E-state index in [0.717, 1.165) is 42.2 Å². The molecule has 4 heteroatoms. The summed E-state index contributed by atoms with van der Waals surface area (Å²) in [6.45, 7) is 5.58. The molecule has 26 heavy (non-hydrogen) atoms. The molecule has 0 saturated carbocycles. The van der Waals surface area contributed by atoms with E-state index in [1.807, 2.05) is 19.1 Å². The highest BCUT2D eigenvalue weighted by Gasteiger charge is 2.41. The maximum absolute atomic E-state index is 6.25. The van der Waals surface area contributed by atoms with Gasteiger partial charge in [0.1, 0.15) is 0 Å². The molecule has 1 saturated heterocycles. The molecule has 0 aliphatic carbocycles. The molecule has 2 heterocycles. The fourth-order valence-corrected chi connectivity index (χ4v) is 4.36. The van der Waals surface area contributed by atoms with Crippen molar-refractivity contribution in [2.45, 2.75) is 38.8 Å². The highest BCUT2D eigenvalue weighted by molar-refractivity contribution is 5.60. The van der Waals surface area contributed by atoms with Gasteiger partial charge in [-0.25, -0.2) is 0 Å². The summed E-state index contributed by atoms with van der Waals surface area (Å²) in [4.78, 5) is 0. The first kappa shape index (κ1) is 17.2. The average molecular weight is 353 g/mol. The number of hydrogen-bond donors (Lipinski definition) is 1. The van der Waals surface area contributed by atoms with E-state index < -0.39 is 0 Å². The lowest BCUT2D eigenvalue weighted by atomic mass is 9.77. The zero-order chi connectivity index (χ0) is 18.1. The molecule has 2 aromatic rings. The summed E-state index contributed by atoms with van der Waals surface area (Å²) in [7, 11) is 1.72. The van der Waals surface area contributed by atoms with Crippen LogP contribution in [0.3, 0.4) is 0 Å². The maximum Gasteiger partial charge on any atom is 0.165 e. The van der Waals surface area contributed by atoms with Gasteiger partial charge in [0.05, 0.1) is 25.9 Å². The quantitative estimate of drug-likeness (QED) is 0.836. The summed E-state index contributed by atoms with van der Waals surface area (Å²) in [5.74, 6) is 2.01. The predicted molar refractivity (Wildman–Crippen MR) is 103 cm³/mol. The maximum atomic E-state index is 6.25. The Balaban J connectivity index is 1.79. The van der Waals surface area contributed by atoms with Crippen LogP contribution in [0, 0.1) is 12.8 Å². The van der Waals surface area contributed by atoms with E-state index in [0.29, 0.717) is 12.5 Å². The molecule has 0 bridgehead atoms. The van der Waals surface area contributed by atoms with Crippen LogP contribution < -0.4 is 14.8 Å². The topological polar surface area (TPSA) is 39.7 Å². The molecule has 1 N–H and O–H groups in total. The number of hydrogen-bond acceptors (Lipinski definition) is 4. The van der Waals surface area contributed by atoms with Gasteiger partial charge < -0.3 is 19.5 Å². The summed E-state index contributed by atoms with van der Waals surface area (Å²) in [6.07, 6.45) is 2.36. The van der Waals surface area contributed by atoms with Crippen molar-refractivity contribution in [1.82, 2.24) is 0 Å². The Bertz CT molecular complexity index is 789. The van der Waals surface area contributed by atoms with E-state index in [1.54, 1.807) is 7.11 Å². The lowest BCUT2D eigenvalue weighted by Gasteiger charge is -2.43. The van der Waals surface area contributed by atoms with Crippen molar-refractivity contribution in [1.29, 1.82) is 0 Å². The third kappa shape index (κ3) is 2.92. The molecule has 0 amide bonds. The van der Waals surface area contributed by atoms with E-state index in [2.05, 4.69) is 36.5 Å². The minimum atomic E-state index is 0.130. The first-order chi connectivity index (χ1) is 12.7. The molecule has 2 aliphatic heterocycles. The number of aryl methyl sites for hydroxylation is 1. The molecule has 3 atom stereocenters. The molecule has 0 radical (unpaired) electrons. The van der Waals surface area contributed by atoms with Crippen LogP contribution in [0.2, 0.25) is 0 Å². The van der Waals surface area contributed by atoms with Crippen molar-refractivity contribution in [2.75, 3.05) is 25.6 Å². The van der Waals surface area contributed by atoms with E-state index in [1.165, 1.54) is 11.1 Å². The number of ether oxygens (including phenoxy) is 3. The molecule has 2 aromatic carbocycles. The van der Waals surface area contributed by atoms with Crippen LogP contribution in [-0.2, 0) is 4.74 Å². The van der Waals surface area contributed by atoms with Crippen molar-refractivity contribution in [2.24, 2.45) is 5.92 Å². The van der Waals surface area contributed by atoms with Crippen LogP contribution in [0.4, 0.5) is 5.69 Å². The van der Waals surface area contributed by atoms with Crippen LogP contribution in [0.15, 0.2) is 36.4 Å². The second kappa shape index (κ2) is 7.20. The average Bonchev–Trinajstić information content (AvgIpc) is 2.67. The Morgan fingerprint density at radius 2 is 2.08 bits per heavy atom. The van der Waals surface area contributed by atoms with Gasteiger partial charge in [-0.1, -0.05) is 29.8 Å². The first-order valence-electron chi connectivity index (χ1n) is 9.51. The number of nitrogens with one attached hydrogen (secondary N) is 1. The summed E-state index contributed by atoms with van der Waals surface area (Å²) < 4.78 is 17.8. The van der Waals surface area contributed by atoms with Crippen molar-refractivity contribution >= 4 is 5.69 Å². The Kier molecular flexibility index (Phi) is 4.77. The van der Waals surface area contributed by atoms with Gasteiger partial charge in [0.15, 0.2) is 11.5 Å². The monoisotopic (exact) mass is 353 g/mol. The molecule has 4 nitrogen and oxygen atoms in total. The molecular formula is C22H27NO3. The largest absolute Gasteiger partial charge is 0.492 e. The Morgan fingerprint density at radius 1 is 1.19 bits per heavy atom. The Labute approximate surface area is 155 Å². The van der Waals surface area contributed by atoms with Crippen LogP contribution >= 0.6 is 0 Å². The van der Waals surface area contributed by atoms with E-state index in [4.69, 9.17) is 14.2 Å². The highest BCUT2D eigenvalue weighted by Crippen LogP contribution is 2.51. The highest BCUT2D eigenvalue weighted by atomic mass is 16.5. The molecule has 2 aliphatic rings. The molecular weight excluding hydrogens is 326 g/mol. The van der Waals surface area contributed by atoms with Crippen LogP contribution in [0.25, 0.3) is 0 Å². The first-order valence-corrected chi connectivity index (χ1v) is 9.51. The summed E-state index contributed by atoms with van der Waals surface area (Å²) in [5, 5.41) is 3.77. The van der Waals surface area contributed by atoms with Gasteiger partial charge in [0, 0.05) is 29.3 Å². The number of para-hydroxylation sites is 1. The zero-order valence-corrected chi connectivity index (χ0v) is 15.7. The SMILES string of the molecule is CCOc1cccc(C2Nc3ccc(C)cc3C3OCCCC23)c1OC. The summed E-state index contributed by atoms with van der Waals surface area (Å²) in [6, 6.07) is 12.9. The van der Waals surface area contributed by atoms with E-state index in [-0.39, 0.29) is 12.1 Å². The number of fused-ring (bicyclic) bond motifs is 3. The minimum Gasteiger partial charge on any atom is -0.492 e. The zero-order valence-electron chi connectivity index (χ0n) is 15.7. The summed E-state index contributed by atoms with van der Waals surface area (Å²) in [5.41, 5.74) is 4.86. The normalized spacial score (nSPS) is 24.2. The smallest absolute Gasteiger partial charge is 0.165 e. The minimum absolute atomic E-state index is 0.130. The van der Waals surface area contributed by atoms with Gasteiger partial charge in [-0.05, 0) is 38.8 Å². The Morgan fingerprint density at radius 3 is 2.88 bits per heavy atom. The molecule has 0 spiro atoms. The van der Waals surface area contributed by atoms with Gasteiger partial charge in [-0.3, -0.25) is 0 Å². The predicted octanol–water partition coefficient (Wildman–Crippen LogP) is 5.04. The number of benzene rings is 2.